The average Bonchev–Trinajstić information content (AvgIpc) is 2.61. The highest BCUT2D eigenvalue weighted by atomic mass is 32.2. The number of hydrogen-bond acceptors (Lipinski definition) is 6. The summed E-state index contributed by atoms with van der Waals surface area (Å²) in [6, 6.07) is -0.893. The Bertz CT molecular complexity index is 425. The second-order valence-electron chi connectivity index (χ2n) is 4.78. The highest BCUT2D eigenvalue weighted by Crippen LogP contribution is 2.21. The molecule has 3 unspecified atom stereocenters. The lowest BCUT2D eigenvalue weighted by Gasteiger charge is -2.39. The highest BCUT2D eigenvalue weighted by molar-refractivity contribution is 7.91. The molecular weight excluding hydrogens is 258 g/mol. The second-order valence-corrected chi connectivity index (χ2v) is 6.94. The summed E-state index contributed by atoms with van der Waals surface area (Å²) in [4.78, 5) is 13.6. The third-order valence-corrected chi connectivity index (χ3v) is 5.25. The van der Waals surface area contributed by atoms with Gasteiger partial charge in [-0.3, -0.25) is 9.69 Å². The molecular formula is C10H19N3O4S. The number of sulfone groups is 1. The zero-order valence-corrected chi connectivity index (χ0v) is 11.1. The molecule has 2 heterocycles. The fourth-order valence-electron chi connectivity index (χ4n) is 2.65. The van der Waals surface area contributed by atoms with Crippen LogP contribution in [0.4, 0.5) is 0 Å². The molecule has 2 aliphatic rings. The Labute approximate surface area is 106 Å². The molecule has 0 saturated carbocycles. The van der Waals surface area contributed by atoms with Crippen molar-refractivity contribution in [2.45, 2.75) is 18.2 Å². The third kappa shape index (κ3) is 2.66. The van der Waals surface area contributed by atoms with Crippen LogP contribution in [0.3, 0.4) is 0 Å². The molecule has 2 aliphatic heterocycles. The minimum absolute atomic E-state index is 0.0678. The van der Waals surface area contributed by atoms with Gasteiger partial charge >= 0.3 is 0 Å². The van der Waals surface area contributed by atoms with Gasteiger partial charge in [-0.25, -0.2) is 8.42 Å². The van der Waals surface area contributed by atoms with Crippen LogP contribution in [0.1, 0.15) is 0 Å². The number of nitrogens with zero attached hydrogens (tertiary/aromatic N) is 1. The van der Waals surface area contributed by atoms with Gasteiger partial charge in [0.05, 0.1) is 23.7 Å². The fraction of sp³-hybridized carbons (Fsp3) is 0.900. The lowest BCUT2D eigenvalue weighted by Crippen LogP contribution is -2.62. The molecule has 104 valence electrons. The van der Waals surface area contributed by atoms with Crippen molar-refractivity contribution in [3.8, 4) is 0 Å². The Morgan fingerprint density at radius 3 is 2.72 bits per heavy atom. The number of carbonyl (C=O) groups is 1. The Hall–Kier alpha value is -0.700. The number of carbonyl (C=O) groups excluding carboxylic acids is 1. The summed E-state index contributed by atoms with van der Waals surface area (Å²) in [6.45, 7) is 1.73. The van der Waals surface area contributed by atoms with E-state index in [1.165, 1.54) is 0 Å². The molecule has 8 heteroatoms. The fourth-order valence-corrected chi connectivity index (χ4v) is 4.47. The lowest BCUT2D eigenvalue weighted by molar-refractivity contribution is -0.128. The summed E-state index contributed by atoms with van der Waals surface area (Å²) in [5, 5.41) is 15.6. The summed E-state index contributed by atoms with van der Waals surface area (Å²) in [5.74, 6) is -0.428. The van der Waals surface area contributed by atoms with E-state index in [1.807, 2.05) is 4.90 Å². The summed E-state index contributed by atoms with van der Waals surface area (Å²) in [5.41, 5.74) is 0. The van der Waals surface area contributed by atoms with Crippen molar-refractivity contribution in [2.75, 3.05) is 38.2 Å². The number of aliphatic hydroxyl groups is 1. The van der Waals surface area contributed by atoms with Crippen LogP contribution in [-0.4, -0.2) is 80.7 Å². The van der Waals surface area contributed by atoms with Crippen molar-refractivity contribution in [3.05, 3.63) is 0 Å². The molecule has 0 aromatic carbocycles. The van der Waals surface area contributed by atoms with Gasteiger partial charge < -0.3 is 15.7 Å². The Morgan fingerprint density at radius 1 is 1.44 bits per heavy atom. The lowest BCUT2D eigenvalue weighted by atomic mass is 10.1. The van der Waals surface area contributed by atoms with Gasteiger partial charge in [0, 0.05) is 26.7 Å². The number of nitrogens with one attached hydrogen (secondary N) is 2. The first kappa shape index (κ1) is 13.7. The predicted molar refractivity (Wildman–Crippen MR) is 65.9 cm³/mol. The predicted octanol–water partition coefficient (Wildman–Crippen LogP) is -2.84. The van der Waals surface area contributed by atoms with Crippen LogP contribution in [0.2, 0.25) is 0 Å². The van der Waals surface area contributed by atoms with Crippen molar-refractivity contribution in [1.29, 1.82) is 0 Å². The molecule has 0 spiro atoms. The standard InChI is InChI=1S/C10H19N3O4S/c1-11-10(15)7-4-12-2-3-13(7)8-5-18(16,17)6-9(8)14/h7-9,12,14H,2-6H2,1H3,(H,11,15). The number of rotatable bonds is 2. The van der Waals surface area contributed by atoms with E-state index >= 15 is 0 Å². The normalized spacial score (nSPS) is 36.4. The second kappa shape index (κ2) is 5.12. The van der Waals surface area contributed by atoms with Crippen LogP contribution in [0.5, 0.6) is 0 Å². The summed E-state index contributed by atoms with van der Waals surface area (Å²) in [6.07, 6.45) is -0.903. The van der Waals surface area contributed by atoms with Crippen LogP contribution in [0.25, 0.3) is 0 Å². The number of likely N-dealkylation sites (N-methyl/N-ethyl adjacent to an activating group) is 1. The topological polar surface area (TPSA) is 98.7 Å². The molecule has 1 amide bonds. The van der Waals surface area contributed by atoms with Crippen LogP contribution in [0, 0.1) is 0 Å². The average molecular weight is 277 g/mol. The maximum absolute atomic E-state index is 11.8. The maximum atomic E-state index is 11.8. The van der Waals surface area contributed by atoms with Crippen molar-refractivity contribution in [1.82, 2.24) is 15.5 Å². The summed E-state index contributed by atoms with van der Waals surface area (Å²) < 4.78 is 23.1. The Kier molecular flexibility index (Phi) is 3.90. The van der Waals surface area contributed by atoms with Crippen LogP contribution >= 0.6 is 0 Å². The van der Waals surface area contributed by atoms with Crippen LogP contribution in [-0.2, 0) is 14.6 Å². The Morgan fingerprint density at radius 2 is 2.17 bits per heavy atom. The largest absolute Gasteiger partial charge is 0.390 e. The molecule has 2 rings (SSSR count). The van der Waals surface area contributed by atoms with E-state index in [0.717, 1.165) is 0 Å². The van der Waals surface area contributed by atoms with Gasteiger partial charge in [-0.1, -0.05) is 0 Å². The molecule has 3 atom stereocenters. The van der Waals surface area contributed by atoms with Gasteiger partial charge in [0.1, 0.15) is 6.04 Å². The molecule has 0 aromatic rings. The molecule has 7 nitrogen and oxygen atoms in total. The van der Waals surface area contributed by atoms with Gasteiger partial charge in [-0.2, -0.15) is 0 Å². The smallest absolute Gasteiger partial charge is 0.238 e. The van der Waals surface area contributed by atoms with Crippen LogP contribution < -0.4 is 10.6 Å². The van der Waals surface area contributed by atoms with Crippen molar-refractivity contribution >= 4 is 15.7 Å². The zero-order chi connectivity index (χ0) is 13.3. The van der Waals surface area contributed by atoms with Gasteiger partial charge in [-0.05, 0) is 0 Å². The van der Waals surface area contributed by atoms with Gasteiger partial charge in [0.25, 0.3) is 0 Å². The van der Waals surface area contributed by atoms with E-state index in [9.17, 15) is 18.3 Å². The van der Waals surface area contributed by atoms with Crippen molar-refractivity contribution in [3.63, 3.8) is 0 Å². The molecule has 0 aromatic heterocycles. The van der Waals surface area contributed by atoms with E-state index in [4.69, 9.17) is 0 Å². The van der Waals surface area contributed by atoms with Crippen molar-refractivity contribution < 1.29 is 18.3 Å². The first-order chi connectivity index (χ1) is 8.44. The van der Waals surface area contributed by atoms with Gasteiger partial charge in [0.2, 0.25) is 5.91 Å². The van der Waals surface area contributed by atoms with Gasteiger partial charge in [0.15, 0.2) is 9.84 Å². The molecule has 18 heavy (non-hydrogen) atoms. The number of aliphatic hydroxyl groups excluding tert-OH is 1. The number of hydrogen-bond donors (Lipinski definition) is 3. The first-order valence-electron chi connectivity index (χ1n) is 6.01. The quantitative estimate of drug-likeness (QED) is 0.503. The van der Waals surface area contributed by atoms with Crippen LogP contribution in [0.15, 0.2) is 0 Å². The molecule has 0 radical (unpaired) electrons. The minimum Gasteiger partial charge on any atom is -0.390 e. The highest BCUT2D eigenvalue weighted by Gasteiger charge is 2.44. The van der Waals surface area contributed by atoms with E-state index in [2.05, 4.69) is 10.6 Å². The monoisotopic (exact) mass is 277 g/mol. The third-order valence-electron chi connectivity index (χ3n) is 3.55. The SMILES string of the molecule is CNC(=O)C1CNCCN1C1CS(=O)(=O)CC1O. The van der Waals surface area contributed by atoms with Gasteiger partial charge in [-0.15, -0.1) is 0 Å². The molecule has 0 bridgehead atoms. The van der Waals surface area contributed by atoms with E-state index in [1.54, 1.807) is 7.05 Å². The number of piperazine rings is 1. The first-order valence-corrected chi connectivity index (χ1v) is 7.83. The molecule has 0 aliphatic carbocycles. The summed E-state index contributed by atoms with van der Waals surface area (Å²) >= 11 is 0. The summed E-state index contributed by atoms with van der Waals surface area (Å²) in [7, 11) is -1.64. The van der Waals surface area contributed by atoms with E-state index in [-0.39, 0.29) is 17.4 Å². The zero-order valence-electron chi connectivity index (χ0n) is 10.3. The van der Waals surface area contributed by atoms with Crippen molar-refractivity contribution in [2.24, 2.45) is 0 Å². The Balaban J connectivity index is 2.17. The minimum atomic E-state index is -3.19. The molecule has 3 N–H and O–H groups in total. The molecule has 2 saturated heterocycles. The maximum Gasteiger partial charge on any atom is 0.238 e. The van der Waals surface area contributed by atoms with E-state index < -0.39 is 28.0 Å². The van der Waals surface area contributed by atoms with E-state index in [0.29, 0.717) is 19.6 Å². The molecule has 2 fully saturated rings. The number of amides is 1.